The lowest BCUT2D eigenvalue weighted by Crippen LogP contribution is -2.29. The Bertz CT molecular complexity index is 197. The zero-order valence-electron chi connectivity index (χ0n) is 9.60. The molecule has 0 heterocycles. The molecule has 14 heavy (non-hydrogen) atoms. The highest BCUT2D eigenvalue weighted by atomic mass is 16.2. The van der Waals surface area contributed by atoms with E-state index in [-0.39, 0.29) is 5.91 Å². The van der Waals surface area contributed by atoms with E-state index in [0.717, 1.165) is 13.1 Å². The molecule has 0 saturated heterocycles. The molecule has 0 aromatic heterocycles. The van der Waals surface area contributed by atoms with E-state index in [1.807, 2.05) is 0 Å². The molecule has 1 fully saturated rings. The van der Waals surface area contributed by atoms with Crippen LogP contribution in [0.5, 0.6) is 0 Å². The molecule has 0 unspecified atom stereocenters. The second-order valence-electron chi connectivity index (χ2n) is 4.57. The number of hydrogen-bond donors (Lipinski definition) is 1. The summed E-state index contributed by atoms with van der Waals surface area (Å²) < 4.78 is 0. The van der Waals surface area contributed by atoms with E-state index >= 15 is 0 Å². The van der Waals surface area contributed by atoms with Gasteiger partial charge in [0.2, 0.25) is 5.91 Å². The first-order valence-corrected chi connectivity index (χ1v) is 5.50. The lowest BCUT2D eigenvalue weighted by atomic mass is 10.0. The number of rotatable bonds is 6. The third-order valence-corrected chi connectivity index (χ3v) is 3.22. The summed E-state index contributed by atoms with van der Waals surface area (Å²) in [6.07, 6.45) is 4.60. The van der Waals surface area contributed by atoms with Crippen molar-refractivity contribution in [1.29, 1.82) is 0 Å². The molecule has 0 aliphatic heterocycles. The molecule has 0 aromatic rings. The SMILES string of the molecule is CCC1(CNCCC(=O)N(C)C)CC1. The fraction of sp³-hybridized carbons (Fsp3) is 0.909. The normalized spacial score (nSPS) is 17.9. The van der Waals surface area contributed by atoms with Gasteiger partial charge in [-0.3, -0.25) is 4.79 Å². The molecule has 0 radical (unpaired) electrons. The summed E-state index contributed by atoms with van der Waals surface area (Å²) in [5, 5.41) is 3.38. The Balaban J connectivity index is 2.02. The van der Waals surface area contributed by atoms with E-state index in [4.69, 9.17) is 0 Å². The van der Waals surface area contributed by atoms with Crippen LogP contribution >= 0.6 is 0 Å². The lowest BCUT2D eigenvalue weighted by Gasteiger charge is -2.14. The summed E-state index contributed by atoms with van der Waals surface area (Å²) in [7, 11) is 3.60. The summed E-state index contributed by atoms with van der Waals surface area (Å²) in [6.45, 7) is 4.16. The minimum absolute atomic E-state index is 0.207. The van der Waals surface area contributed by atoms with Crippen LogP contribution in [0.25, 0.3) is 0 Å². The van der Waals surface area contributed by atoms with Gasteiger partial charge in [0.1, 0.15) is 0 Å². The van der Waals surface area contributed by atoms with E-state index < -0.39 is 0 Å². The van der Waals surface area contributed by atoms with E-state index in [0.29, 0.717) is 11.8 Å². The molecule has 1 aliphatic carbocycles. The summed E-state index contributed by atoms with van der Waals surface area (Å²) in [6, 6.07) is 0. The standard InChI is InChI=1S/C11H22N2O/c1-4-11(6-7-11)9-12-8-5-10(14)13(2)3/h12H,4-9H2,1-3H3. The maximum absolute atomic E-state index is 11.2. The molecule has 0 aromatic carbocycles. The summed E-state index contributed by atoms with van der Waals surface area (Å²) in [5.41, 5.74) is 0.584. The number of carbonyl (C=O) groups excluding carboxylic acids is 1. The van der Waals surface area contributed by atoms with Gasteiger partial charge in [-0.25, -0.2) is 0 Å². The van der Waals surface area contributed by atoms with Crippen molar-refractivity contribution < 1.29 is 4.79 Å². The largest absolute Gasteiger partial charge is 0.349 e. The molecule has 1 saturated carbocycles. The Kier molecular flexibility index (Phi) is 3.93. The molecule has 3 nitrogen and oxygen atoms in total. The van der Waals surface area contributed by atoms with E-state index in [2.05, 4.69) is 12.2 Å². The topological polar surface area (TPSA) is 32.3 Å². The van der Waals surface area contributed by atoms with Gasteiger partial charge >= 0.3 is 0 Å². The molecule has 1 amide bonds. The van der Waals surface area contributed by atoms with Crippen LogP contribution < -0.4 is 5.32 Å². The van der Waals surface area contributed by atoms with E-state index in [9.17, 15) is 4.79 Å². The van der Waals surface area contributed by atoms with Crippen LogP contribution in [0.3, 0.4) is 0 Å². The lowest BCUT2D eigenvalue weighted by molar-refractivity contribution is -0.128. The van der Waals surface area contributed by atoms with Gasteiger partial charge in [-0.15, -0.1) is 0 Å². The third-order valence-electron chi connectivity index (χ3n) is 3.22. The predicted molar refractivity (Wildman–Crippen MR) is 58.1 cm³/mol. The molecule has 1 aliphatic rings. The number of carbonyl (C=O) groups is 1. The molecular formula is C11H22N2O. The quantitative estimate of drug-likeness (QED) is 0.651. The van der Waals surface area contributed by atoms with Crippen LogP contribution in [0.2, 0.25) is 0 Å². The minimum Gasteiger partial charge on any atom is -0.349 e. The number of nitrogens with one attached hydrogen (secondary N) is 1. The van der Waals surface area contributed by atoms with Gasteiger partial charge in [0.25, 0.3) is 0 Å². The van der Waals surface area contributed by atoms with E-state index in [1.165, 1.54) is 19.3 Å². The molecule has 1 N–H and O–H groups in total. The van der Waals surface area contributed by atoms with Crippen LogP contribution in [0.15, 0.2) is 0 Å². The van der Waals surface area contributed by atoms with Crippen molar-refractivity contribution >= 4 is 5.91 Å². The average Bonchev–Trinajstić information content (AvgIpc) is 2.93. The smallest absolute Gasteiger partial charge is 0.223 e. The van der Waals surface area contributed by atoms with Crippen molar-refractivity contribution in [3.05, 3.63) is 0 Å². The number of nitrogens with zero attached hydrogens (tertiary/aromatic N) is 1. The Morgan fingerprint density at radius 2 is 2.07 bits per heavy atom. The number of hydrogen-bond acceptors (Lipinski definition) is 2. The van der Waals surface area contributed by atoms with Gasteiger partial charge in [0, 0.05) is 33.6 Å². The van der Waals surface area contributed by atoms with Crippen LogP contribution in [0.4, 0.5) is 0 Å². The first kappa shape index (κ1) is 11.5. The van der Waals surface area contributed by atoms with Crippen LogP contribution in [-0.4, -0.2) is 38.0 Å². The zero-order valence-corrected chi connectivity index (χ0v) is 9.60. The summed E-state index contributed by atoms with van der Waals surface area (Å²) in [5.74, 6) is 0.207. The molecule has 3 heteroatoms. The van der Waals surface area contributed by atoms with Crippen molar-refractivity contribution in [2.45, 2.75) is 32.6 Å². The maximum Gasteiger partial charge on any atom is 0.223 e. The van der Waals surface area contributed by atoms with Crippen molar-refractivity contribution in [2.75, 3.05) is 27.2 Å². The molecule has 0 spiro atoms. The fourth-order valence-electron chi connectivity index (χ4n) is 1.60. The van der Waals surface area contributed by atoms with Crippen LogP contribution in [0, 0.1) is 5.41 Å². The minimum atomic E-state index is 0.207. The third kappa shape index (κ3) is 3.29. The Morgan fingerprint density at radius 3 is 2.50 bits per heavy atom. The highest BCUT2D eigenvalue weighted by Gasteiger charge is 2.39. The summed E-state index contributed by atoms with van der Waals surface area (Å²) in [4.78, 5) is 12.9. The Morgan fingerprint density at radius 1 is 1.43 bits per heavy atom. The Hall–Kier alpha value is -0.570. The van der Waals surface area contributed by atoms with Crippen LogP contribution in [-0.2, 0) is 4.79 Å². The molecule has 1 rings (SSSR count). The predicted octanol–water partition coefficient (Wildman–Crippen LogP) is 1.24. The van der Waals surface area contributed by atoms with E-state index in [1.54, 1.807) is 19.0 Å². The van der Waals surface area contributed by atoms with Crippen molar-refractivity contribution in [3.8, 4) is 0 Å². The molecule has 0 bridgehead atoms. The van der Waals surface area contributed by atoms with Gasteiger partial charge in [0.15, 0.2) is 0 Å². The van der Waals surface area contributed by atoms with Gasteiger partial charge in [0.05, 0.1) is 0 Å². The zero-order chi connectivity index (χ0) is 10.6. The Labute approximate surface area is 86.9 Å². The van der Waals surface area contributed by atoms with Crippen molar-refractivity contribution in [3.63, 3.8) is 0 Å². The first-order chi connectivity index (χ1) is 6.59. The molecular weight excluding hydrogens is 176 g/mol. The highest BCUT2D eigenvalue weighted by Crippen LogP contribution is 2.47. The van der Waals surface area contributed by atoms with Gasteiger partial charge in [-0.05, 0) is 24.7 Å². The maximum atomic E-state index is 11.2. The molecule has 82 valence electrons. The first-order valence-electron chi connectivity index (χ1n) is 5.50. The van der Waals surface area contributed by atoms with Crippen molar-refractivity contribution in [1.82, 2.24) is 10.2 Å². The summed E-state index contributed by atoms with van der Waals surface area (Å²) >= 11 is 0. The average molecular weight is 198 g/mol. The number of amides is 1. The monoisotopic (exact) mass is 198 g/mol. The van der Waals surface area contributed by atoms with Gasteiger partial charge in [-0.2, -0.15) is 0 Å². The van der Waals surface area contributed by atoms with Gasteiger partial charge < -0.3 is 10.2 Å². The van der Waals surface area contributed by atoms with Crippen molar-refractivity contribution in [2.24, 2.45) is 5.41 Å². The molecule has 0 atom stereocenters. The fourth-order valence-corrected chi connectivity index (χ4v) is 1.60. The van der Waals surface area contributed by atoms with Crippen LogP contribution in [0.1, 0.15) is 32.6 Å². The van der Waals surface area contributed by atoms with Gasteiger partial charge in [-0.1, -0.05) is 6.92 Å². The highest BCUT2D eigenvalue weighted by molar-refractivity contribution is 5.75. The second kappa shape index (κ2) is 4.78. The second-order valence-corrected chi connectivity index (χ2v) is 4.57.